The van der Waals surface area contributed by atoms with E-state index in [0.29, 0.717) is 37.3 Å². The first kappa shape index (κ1) is 28.4. The maximum Gasteiger partial charge on any atom is 0.416 e. The molecule has 2 aliphatic heterocycles. The Balaban J connectivity index is 1.38. The Morgan fingerprint density at radius 3 is 2.62 bits per heavy atom. The van der Waals surface area contributed by atoms with E-state index in [1.54, 1.807) is 6.07 Å². The van der Waals surface area contributed by atoms with Crippen LogP contribution in [0.3, 0.4) is 0 Å². The number of rotatable bonds is 9. The second kappa shape index (κ2) is 12.6. The smallest absolute Gasteiger partial charge is 0.381 e. The van der Waals surface area contributed by atoms with Crippen LogP contribution in [0.15, 0.2) is 72.8 Å². The predicted octanol–water partition coefficient (Wildman–Crippen LogP) is 6.28. The van der Waals surface area contributed by atoms with Crippen molar-refractivity contribution in [2.75, 3.05) is 25.0 Å². The standard InChI is InChI=1S/C32H38F3N3O2/c33-32(34,35)24-13-16-28-27(20-24)31-26(30(37-28)23-11-5-2-6-12-23)15-14-25(40-31)21-38(18-8-7-17-36)29(39)19-22-9-3-1-4-10-22/h1-6,9-11,13,16,20,23,25-26,30-31,37H,7-8,12,14-15,17-19,21,36H2/t23?,25-,26+,30+,31+/m1/s1. The second-order valence-electron chi connectivity index (χ2n) is 11.1. The average molecular weight is 554 g/mol. The molecule has 0 aromatic heterocycles. The third kappa shape index (κ3) is 6.61. The van der Waals surface area contributed by atoms with Crippen molar-refractivity contribution in [3.63, 3.8) is 0 Å². The van der Waals surface area contributed by atoms with Gasteiger partial charge in [0.15, 0.2) is 0 Å². The molecule has 2 heterocycles. The van der Waals surface area contributed by atoms with Crippen molar-refractivity contribution >= 4 is 11.6 Å². The van der Waals surface area contributed by atoms with E-state index in [1.807, 2.05) is 47.4 Å². The average Bonchev–Trinajstić information content (AvgIpc) is 2.96. The molecule has 5 nitrogen and oxygen atoms in total. The number of amides is 1. The van der Waals surface area contributed by atoms with Gasteiger partial charge in [-0.15, -0.1) is 0 Å². The van der Waals surface area contributed by atoms with Gasteiger partial charge in [-0.1, -0.05) is 54.6 Å². The molecule has 1 aliphatic carbocycles. The van der Waals surface area contributed by atoms with Crippen LogP contribution in [-0.2, 0) is 22.1 Å². The number of nitrogens with two attached hydrogens (primary N) is 1. The van der Waals surface area contributed by atoms with Crippen LogP contribution in [0.1, 0.15) is 54.9 Å². The van der Waals surface area contributed by atoms with Gasteiger partial charge in [-0.2, -0.15) is 13.2 Å². The zero-order chi connectivity index (χ0) is 28.1. The van der Waals surface area contributed by atoms with Crippen LogP contribution >= 0.6 is 0 Å². The molecule has 0 radical (unpaired) electrons. The number of nitrogens with one attached hydrogen (secondary N) is 1. The van der Waals surface area contributed by atoms with Gasteiger partial charge in [0.2, 0.25) is 5.91 Å². The minimum Gasteiger partial charge on any atom is -0.381 e. The number of nitrogens with zero attached hydrogens (tertiary/aromatic N) is 1. The van der Waals surface area contributed by atoms with E-state index < -0.39 is 17.8 Å². The molecule has 2 aromatic rings. The van der Waals surface area contributed by atoms with Crippen molar-refractivity contribution in [2.24, 2.45) is 17.6 Å². The van der Waals surface area contributed by atoms with E-state index in [1.165, 1.54) is 6.07 Å². The van der Waals surface area contributed by atoms with Crippen molar-refractivity contribution in [3.05, 3.63) is 89.5 Å². The van der Waals surface area contributed by atoms with Gasteiger partial charge in [0.25, 0.3) is 0 Å². The van der Waals surface area contributed by atoms with E-state index in [2.05, 4.69) is 17.5 Å². The predicted molar refractivity (Wildman–Crippen MR) is 151 cm³/mol. The molecule has 3 aliphatic rings. The molecule has 8 heteroatoms. The van der Waals surface area contributed by atoms with E-state index in [-0.39, 0.29) is 29.9 Å². The summed E-state index contributed by atoms with van der Waals surface area (Å²) in [6, 6.07) is 13.6. The van der Waals surface area contributed by atoms with Crippen molar-refractivity contribution in [1.29, 1.82) is 0 Å². The lowest BCUT2D eigenvalue weighted by atomic mass is 9.73. The summed E-state index contributed by atoms with van der Waals surface area (Å²) in [4.78, 5) is 15.2. The first-order chi connectivity index (χ1) is 19.3. The van der Waals surface area contributed by atoms with E-state index >= 15 is 0 Å². The van der Waals surface area contributed by atoms with Crippen LogP contribution in [0.2, 0.25) is 0 Å². The molecule has 0 spiro atoms. The Bertz CT molecular complexity index is 1210. The Morgan fingerprint density at radius 2 is 1.90 bits per heavy atom. The van der Waals surface area contributed by atoms with Crippen molar-refractivity contribution in [1.82, 2.24) is 4.90 Å². The number of carbonyl (C=O) groups is 1. The molecule has 1 amide bonds. The number of hydrogen-bond acceptors (Lipinski definition) is 4. The summed E-state index contributed by atoms with van der Waals surface area (Å²) in [5.74, 6) is 0.281. The van der Waals surface area contributed by atoms with E-state index in [0.717, 1.165) is 43.7 Å². The highest BCUT2D eigenvalue weighted by molar-refractivity contribution is 5.78. The van der Waals surface area contributed by atoms with Gasteiger partial charge in [0, 0.05) is 42.2 Å². The SMILES string of the molecule is NCCCCN(C[C@H]1CC[C@@H]2[C@H](O1)c1cc(C(F)(F)F)ccc1N[C@H]2C1C=CC=CC1)C(=O)Cc1ccccc1. The summed E-state index contributed by atoms with van der Waals surface area (Å²) in [5.41, 5.74) is 7.25. The molecule has 5 rings (SSSR count). The monoisotopic (exact) mass is 553 g/mol. The molecule has 1 fully saturated rings. The summed E-state index contributed by atoms with van der Waals surface area (Å²) < 4.78 is 47.7. The highest BCUT2D eigenvalue weighted by Crippen LogP contribution is 2.49. The molecule has 40 heavy (non-hydrogen) atoms. The van der Waals surface area contributed by atoms with Gasteiger partial charge in [-0.05, 0) is 62.4 Å². The summed E-state index contributed by atoms with van der Waals surface area (Å²) in [5, 5.41) is 3.57. The number of carbonyl (C=O) groups excluding carboxylic acids is 1. The lowest BCUT2D eigenvalue weighted by molar-refractivity contribution is -0.140. The van der Waals surface area contributed by atoms with Gasteiger partial charge in [0.05, 0.1) is 24.2 Å². The van der Waals surface area contributed by atoms with Crippen LogP contribution in [0.5, 0.6) is 0 Å². The first-order valence-corrected chi connectivity index (χ1v) is 14.3. The second-order valence-corrected chi connectivity index (χ2v) is 11.1. The normalized spacial score (nSPS) is 25.6. The van der Waals surface area contributed by atoms with Crippen molar-refractivity contribution in [3.8, 4) is 0 Å². The Hall–Kier alpha value is -3.10. The molecule has 1 saturated heterocycles. The lowest BCUT2D eigenvalue weighted by Gasteiger charge is -2.48. The van der Waals surface area contributed by atoms with Gasteiger partial charge in [-0.3, -0.25) is 4.79 Å². The number of alkyl halides is 3. The quantitative estimate of drug-likeness (QED) is 0.359. The summed E-state index contributed by atoms with van der Waals surface area (Å²) in [6.45, 7) is 1.55. The zero-order valence-electron chi connectivity index (χ0n) is 22.7. The Kier molecular flexibility index (Phi) is 8.96. The van der Waals surface area contributed by atoms with Gasteiger partial charge >= 0.3 is 6.18 Å². The van der Waals surface area contributed by atoms with Crippen LogP contribution in [0, 0.1) is 11.8 Å². The number of benzene rings is 2. The van der Waals surface area contributed by atoms with Crippen LogP contribution in [-0.4, -0.2) is 42.6 Å². The largest absolute Gasteiger partial charge is 0.416 e. The lowest BCUT2D eigenvalue weighted by Crippen LogP contribution is -2.49. The first-order valence-electron chi connectivity index (χ1n) is 14.3. The number of hydrogen-bond donors (Lipinski definition) is 2. The summed E-state index contributed by atoms with van der Waals surface area (Å²) in [6.07, 6.45) is 7.53. The minimum absolute atomic E-state index is 0.0241. The fraction of sp³-hybridized carbons (Fsp3) is 0.469. The van der Waals surface area contributed by atoms with E-state index in [9.17, 15) is 18.0 Å². The van der Waals surface area contributed by atoms with Crippen LogP contribution in [0.4, 0.5) is 18.9 Å². The fourth-order valence-electron chi connectivity index (χ4n) is 6.29. The van der Waals surface area contributed by atoms with E-state index in [4.69, 9.17) is 10.5 Å². The highest BCUT2D eigenvalue weighted by atomic mass is 19.4. The van der Waals surface area contributed by atoms with Gasteiger partial charge in [-0.25, -0.2) is 0 Å². The van der Waals surface area contributed by atoms with Gasteiger partial charge in [0.1, 0.15) is 0 Å². The van der Waals surface area contributed by atoms with Crippen LogP contribution in [0.25, 0.3) is 0 Å². The highest BCUT2D eigenvalue weighted by Gasteiger charge is 2.45. The third-order valence-corrected chi connectivity index (χ3v) is 8.35. The summed E-state index contributed by atoms with van der Waals surface area (Å²) in [7, 11) is 0. The molecule has 1 unspecified atom stereocenters. The van der Waals surface area contributed by atoms with Crippen LogP contribution < -0.4 is 11.1 Å². The molecular formula is C32H38F3N3O2. The number of allylic oxidation sites excluding steroid dienone is 3. The maximum absolute atomic E-state index is 13.7. The maximum atomic E-state index is 13.7. The molecule has 3 N–H and O–H groups in total. The minimum atomic E-state index is -4.43. The third-order valence-electron chi connectivity index (χ3n) is 8.35. The number of ether oxygens (including phenoxy) is 1. The summed E-state index contributed by atoms with van der Waals surface area (Å²) >= 11 is 0. The number of anilines is 1. The molecule has 0 bridgehead atoms. The van der Waals surface area contributed by atoms with Crippen molar-refractivity contribution < 1.29 is 22.7 Å². The number of fused-ring (bicyclic) bond motifs is 3. The molecule has 0 saturated carbocycles. The fourth-order valence-corrected chi connectivity index (χ4v) is 6.29. The Morgan fingerprint density at radius 1 is 1.07 bits per heavy atom. The molecule has 214 valence electrons. The van der Waals surface area contributed by atoms with Gasteiger partial charge < -0.3 is 20.7 Å². The number of halogens is 3. The van der Waals surface area contributed by atoms with Crippen molar-refractivity contribution in [2.45, 2.75) is 63.0 Å². The molecule has 5 atom stereocenters. The Labute approximate surface area is 234 Å². The number of unbranched alkanes of at least 4 members (excludes halogenated alkanes) is 1. The molecule has 2 aromatic carbocycles. The molecular weight excluding hydrogens is 515 g/mol. The zero-order valence-corrected chi connectivity index (χ0v) is 22.7. The topological polar surface area (TPSA) is 67.6 Å².